The highest BCUT2D eigenvalue weighted by molar-refractivity contribution is 6.15. The molecule has 0 amide bonds. The van der Waals surface area contributed by atoms with Crippen LogP contribution in [0.15, 0.2) is 148 Å². The van der Waals surface area contributed by atoms with Gasteiger partial charge in [0.25, 0.3) is 0 Å². The Kier molecular flexibility index (Phi) is 5.93. The van der Waals surface area contributed by atoms with E-state index in [0.29, 0.717) is 17.5 Å². The standard InChI is InChI=1S/C43H27N3O2/c1-2-12-27(13-3-1)41-44-42(33-18-9-21-36-38(33)31-15-6-7-20-35(31)47-36)46-43(45-41)34-19-10-22-37-39(34)32-17-8-16-30(40(32)48-37)29-24-23-26-11-4-5-14-28(26)25-29/h1-8,10-20,22-25H,9,21H2. The molecule has 0 radical (unpaired) electrons. The highest BCUT2D eigenvalue weighted by Gasteiger charge is 2.26. The van der Waals surface area contributed by atoms with Crippen LogP contribution >= 0.6 is 0 Å². The quantitative estimate of drug-likeness (QED) is 0.197. The van der Waals surface area contributed by atoms with Gasteiger partial charge in [-0.3, -0.25) is 0 Å². The lowest BCUT2D eigenvalue weighted by atomic mass is 9.93. The molecule has 0 fully saturated rings. The fourth-order valence-corrected chi connectivity index (χ4v) is 7.17. The first-order valence-corrected chi connectivity index (χ1v) is 16.3. The molecule has 0 atom stereocenters. The third-order valence-electron chi connectivity index (χ3n) is 9.39. The Hall–Kier alpha value is -6.33. The van der Waals surface area contributed by atoms with E-state index >= 15 is 0 Å². The fraction of sp³-hybridized carbons (Fsp3) is 0.0465. The van der Waals surface area contributed by atoms with E-state index in [-0.39, 0.29) is 0 Å². The van der Waals surface area contributed by atoms with E-state index in [1.165, 1.54) is 10.8 Å². The van der Waals surface area contributed by atoms with Gasteiger partial charge in [0.1, 0.15) is 22.5 Å². The Morgan fingerprint density at radius 1 is 0.500 bits per heavy atom. The molecule has 6 aromatic carbocycles. The highest BCUT2D eigenvalue weighted by Crippen LogP contribution is 2.42. The van der Waals surface area contributed by atoms with Crippen LogP contribution in [0.1, 0.15) is 23.6 Å². The summed E-state index contributed by atoms with van der Waals surface area (Å²) < 4.78 is 13.0. The third kappa shape index (κ3) is 4.21. The van der Waals surface area contributed by atoms with Gasteiger partial charge in [0.05, 0.1) is 0 Å². The molecule has 3 heterocycles. The molecule has 9 aromatic rings. The van der Waals surface area contributed by atoms with Crippen molar-refractivity contribution in [3.8, 4) is 33.9 Å². The lowest BCUT2D eigenvalue weighted by molar-refractivity contribution is 0.545. The average molecular weight is 618 g/mol. The summed E-state index contributed by atoms with van der Waals surface area (Å²) in [5, 5.41) is 5.49. The summed E-state index contributed by atoms with van der Waals surface area (Å²) in [4.78, 5) is 15.4. The number of hydrogen-bond donors (Lipinski definition) is 0. The normalized spacial score (nSPS) is 13.0. The molecule has 48 heavy (non-hydrogen) atoms. The highest BCUT2D eigenvalue weighted by atomic mass is 16.3. The molecule has 0 bridgehead atoms. The first-order chi connectivity index (χ1) is 23.8. The van der Waals surface area contributed by atoms with Gasteiger partial charge in [-0.15, -0.1) is 0 Å². The minimum absolute atomic E-state index is 0.601. The van der Waals surface area contributed by atoms with Gasteiger partial charge in [0, 0.05) is 50.4 Å². The molecule has 1 aliphatic rings. The molecule has 0 N–H and O–H groups in total. The first-order valence-electron chi connectivity index (χ1n) is 16.3. The van der Waals surface area contributed by atoms with E-state index in [4.69, 9.17) is 23.8 Å². The Labute approximate surface area is 275 Å². The van der Waals surface area contributed by atoms with Gasteiger partial charge in [-0.25, -0.2) is 15.0 Å². The van der Waals surface area contributed by atoms with Gasteiger partial charge in [-0.1, -0.05) is 121 Å². The van der Waals surface area contributed by atoms with E-state index < -0.39 is 0 Å². The lowest BCUT2D eigenvalue weighted by Gasteiger charge is -2.14. The maximum Gasteiger partial charge on any atom is 0.164 e. The second kappa shape index (κ2) is 10.6. The van der Waals surface area contributed by atoms with Crippen LogP contribution in [0.25, 0.3) is 83.2 Å². The van der Waals surface area contributed by atoms with Crippen molar-refractivity contribution in [3.63, 3.8) is 0 Å². The van der Waals surface area contributed by atoms with E-state index in [0.717, 1.165) is 84.9 Å². The molecule has 0 aliphatic heterocycles. The minimum Gasteiger partial charge on any atom is -0.460 e. The topological polar surface area (TPSA) is 65.0 Å². The summed E-state index contributed by atoms with van der Waals surface area (Å²) in [5.41, 5.74) is 8.55. The number of furan rings is 2. The molecule has 1 aliphatic carbocycles. The van der Waals surface area contributed by atoms with Crippen molar-refractivity contribution < 1.29 is 8.83 Å². The van der Waals surface area contributed by atoms with E-state index in [1.54, 1.807) is 0 Å². The molecule has 5 heteroatoms. The van der Waals surface area contributed by atoms with Crippen molar-refractivity contribution in [2.24, 2.45) is 0 Å². The molecular weight excluding hydrogens is 590 g/mol. The van der Waals surface area contributed by atoms with E-state index in [9.17, 15) is 0 Å². The largest absolute Gasteiger partial charge is 0.460 e. The molecule has 0 saturated heterocycles. The van der Waals surface area contributed by atoms with Crippen LogP contribution in [0.5, 0.6) is 0 Å². The molecule has 3 aromatic heterocycles. The first kappa shape index (κ1) is 26.8. The van der Waals surface area contributed by atoms with Crippen LogP contribution in [0.4, 0.5) is 0 Å². The number of aryl methyl sites for hydroxylation is 1. The molecule has 0 spiro atoms. The van der Waals surface area contributed by atoms with E-state index in [1.807, 2.05) is 54.6 Å². The van der Waals surface area contributed by atoms with Crippen LogP contribution in [0, 0.1) is 0 Å². The number of benzene rings is 6. The molecule has 0 unspecified atom stereocenters. The van der Waals surface area contributed by atoms with Crippen molar-refractivity contribution >= 4 is 49.3 Å². The summed E-state index contributed by atoms with van der Waals surface area (Å²) in [6.07, 6.45) is 3.93. The van der Waals surface area contributed by atoms with E-state index in [2.05, 4.69) is 84.9 Å². The van der Waals surface area contributed by atoms with Crippen LogP contribution in [-0.4, -0.2) is 15.0 Å². The summed E-state index contributed by atoms with van der Waals surface area (Å²) in [6, 6.07) is 45.8. The molecule has 10 rings (SSSR count). The monoisotopic (exact) mass is 617 g/mol. The number of nitrogens with zero attached hydrogens (tertiary/aromatic N) is 3. The Morgan fingerprint density at radius 3 is 2.17 bits per heavy atom. The molecule has 5 nitrogen and oxygen atoms in total. The summed E-state index contributed by atoms with van der Waals surface area (Å²) in [6.45, 7) is 0. The summed E-state index contributed by atoms with van der Waals surface area (Å²) >= 11 is 0. The zero-order valence-corrected chi connectivity index (χ0v) is 25.9. The zero-order chi connectivity index (χ0) is 31.6. The Balaban J connectivity index is 1.20. The maximum atomic E-state index is 6.66. The van der Waals surface area contributed by atoms with Crippen LogP contribution in [0.3, 0.4) is 0 Å². The van der Waals surface area contributed by atoms with Gasteiger partial charge >= 0.3 is 0 Å². The minimum atomic E-state index is 0.601. The third-order valence-corrected chi connectivity index (χ3v) is 9.39. The molecule has 0 saturated carbocycles. The predicted molar refractivity (Wildman–Crippen MR) is 193 cm³/mol. The van der Waals surface area contributed by atoms with Crippen molar-refractivity contribution in [3.05, 3.63) is 157 Å². The predicted octanol–water partition coefficient (Wildman–Crippen LogP) is 11.0. The number of fused-ring (bicyclic) bond motifs is 7. The van der Waals surface area contributed by atoms with Crippen molar-refractivity contribution in [1.29, 1.82) is 0 Å². The van der Waals surface area contributed by atoms with Gasteiger partial charge in [-0.2, -0.15) is 0 Å². The molecule has 226 valence electrons. The SMILES string of the molecule is C1=C(c2nc(-c3ccccc3)nc(-c3cccc4oc5c(-c6ccc7ccccc7c6)cccc5c34)n2)c2c(oc3ccccc23)CC1. The zero-order valence-electron chi connectivity index (χ0n) is 25.9. The van der Waals surface area contributed by atoms with Crippen LogP contribution in [0.2, 0.25) is 0 Å². The Bertz CT molecular complexity index is 2740. The molecular formula is C43H27N3O2. The average Bonchev–Trinajstić information content (AvgIpc) is 3.73. The van der Waals surface area contributed by atoms with Crippen molar-refractivity contribution in [1.82, 2.24) is 15.0 Å². The number of hydrogen-bond acceptors (Lipinski definition) is 5. The van der Waals surface area contributed by atoms with Gasteiger partial charge in [0.2, 0.25) is 0 Å². The maximum absolute atomic E-state index is 6.66. The Morgan fingerprint density at radius 2 is 1.23 bits per heavy atom. The number of aromatic nitrogens is 3. The van der Waals surface area contributed by atoms with Crippen molar-refractivity contribution in [2.45, 2.75) is 12.8 Å². The van der Waals surface area contributed by atoms with Gasteiger partial charge < -0.3 is 8.83 Å². The number of allylic oxidation sites excluding steroid dienone is 1. The van der Waals surface area contributed by atoms with Crippen LogP contribution < -0.4 is 0 Å². The second-order valence-electron chi connectivity index (χ2n) is 12.3. The summed E-state index contributed by atoms with van der Waals surface area (Å²) in [5.74, 6) is 2.83. The van der Waals surface area contributed by atoms with Gasteiger partial charge in [-0.05, 0) is 41.0 Å². The van der Waals surface area contributed by atoms with Gasteiger partial charge in [0.15, 0.2) is 17.5 Å². The smallest absolute Gasteiger partial charge is 0.164 e. The number of para-hydroxylation sites is 2. The lowest BCUT2D eigenvalue weighted by Crippen LogP contribution is -2.06. The summed E-state index contributed by atoms with van der Waals surface area (Å²) in [7, 11) is 0. The van der Waals surface area contributed by atoms with Crippen molar-refractivity contribution in [2.75, 3.05) is 0 Å². The number of rotatable bonds is 4. The second-order valence-corrected chi connectivity index (χ2v) is 12.3. The fourth-order valence-electron chi connectivity index (χ4n) is 7.17. The van der Waals surface area contributed by atoms with Crippen LogP contribution in [-0.2, 0) is 6.42 Å².